The van der Waals surface area contributed by atoms with Gasteiger partial charge in [-0.1, -0.05) is 17.9 Å². The van der Waals surface area contributed by atoms with Crippen molar-refractivity contribution in [1.29, 1.82) is 0 Å². The number of sulfonamides is 1. The molecule has 3 N–H and O–H groups in total. The Hall–Kier alpha value is -2.30. The molecular weight excluding hydrogens is 290 g/mol. The number of aliphatic hydroxyl groups is 1. The van der Waals surface area contributed by atoms with E-state index in [4.69, 9.17) is 5.11 Å². The lowest BCUT2D eigenvalue weighted by molar-refractivity contribution is 0.305. The Kier molecular flexibility index (Phi) is 4.62. The average Bonchev–Trinajstić information content (AvgIpc) is 2.91. The summed E-state index contributed by atoms with van der Waals surface area (Å²) in [7, 11) is -3.78. The maximum Gasteiger partial charge on any atom is 0.265 e. The number of benzene rings is 1. The Morgan fingerprint density at radius 3 is 2.90 bits per heavy atom. The van der Waals surface area contributed by atoms with Gasteiger partial charge in [0.1, 0.15) is 4.90 Å². The first-order valence-electron chi connectivity index (χ1n) is 6.25. The number of anilines is 1. The molecule has 0 aliphatic carbocycles. The molecule has 6 nitrogen and oxygen atoms in total. The van der Waals surface area contributed by atoms with Crippen LogP contribution in [0.15, 0.2) is 35.5 Å². The van der Waals surface area contributed by atoms with Gasteiger partial charge in [0, 0.05) is 24.4 Å². The van der Waals surface area contributed by atoms with Crippen LogP contribution in [0.25, 0.3) is 0 Å². The monoisotopic (exact) mass is 305 g/mol. The first kappa shape index (κ1) is 15.1. The number of imidazole rings is 1. The number of aryl methyl sites for hydroxylation is 1. The van der Waals surface area contributed by atoms with Crippen LogP contribution >= 0.6 is 0 Å². The van der Waals surface area contributed by atoms with Crippen molar-refractivity contribution in [3.8, 4) is 11.8 Å². The molecule has 0 atom stereocenters. The Morgan fingerprint density at radius 1 is 1.43 bits per heavy atom. The van der Waals surface area contributed by atoms with Gasteiger partial charge in [-0.05, 0) is 24.6 Å². The van der Waals surface area contributed by atoms with Gasteiger partial charge in [0.15, 0.2) is 0 Å². The third-order valence-electron chi connectivity index (χ3n) is 2.61. The molecule has 0 spiro atoms. The zero-order valence-corrected chi connectivity index (χ0v) is 12.2. The van der Waals surface area contributed by atoms with Gasteiger partial charge >= 0.3 is 0 Å². The maximum atomic E-state index is 12.4. The van der Waals surface area contributed by atoms with Gasteiger partial charge < -0.3 is 10.1 Å². The first-order valence-corrected chi connectivity index (χ1v) is 7.74. The van der Waals surface area contributed by atoms with E-state index >= 15 is 0 Å². The van der Waals surface area contributed by atoms with E-state index in [1.54, 1.807) is 12.1 Å². The summed E-state index contributed by atoms with van der Waals surface area (Å²) in [6.07, 6.45) is 3.27. The number of aromatic amines is 1. The van der Waals surface area contributed by atoms with E-state index in [2.05, 4.69) is 26.5 Å². The van der Waals surface area contributed by atoms with Crippen LogP contribution in [0.5, 0.6) is 0 Å². The normalized spacial score (nSPS) is 10.8. The summed E-state index contributed by atoms with van der Waals surface area (Å²) >= 11 is 0. The zero-order valence-electron chi connectivity index (χ0n) is 11.4. The lowest BCUT2D eigenvalue weighted by Gasteiger charge is -2.08. The predicted octanol–water partition coefficient (Wildman–Crippen LogP) is 1.25. The number of H-pyrrole nitrogens is 1. The Bertz CT molecular complexity index is 772. The Morgan fingerprint density at radius 2 is 2.24 bits per heavy atom. The van der Waals surface area contributed by atoms with E-state index in [1.807, 2.05) is 6.92 Å². The van der Waals surface area contributed by atoms with Gasteiger partial charge in [-0.2, -0.15) is 0 Å². The Labute approximate surface area is 123 Å². The van der Waals surface area contributed by atoms with Crippen LogP contribution in [0.2, 0.25) is 0 Å². The van der Waals surface area contributed by atoms with Crippen LogP contribution in [0.1, 0.15) is 17.5 Å². The average molecular weight is 305 g/mol. The van der Waals surface area contributed by atoms with Gasteiger partial charge in [-0.3, -0.25) is 0 Å². The Balaban J connectivity index is 2.41. The smallest absolute Gasteiger partial charge is 0.265 e. The highest BCUT2D eigenvalue weighted by Crippen LogP contribution is 2.19. The molecule has 1 aromatic heterocycles. The van der Waals surface area contributed by atoms with E-state index in [9.17, 15) is 8.42 Å². The third kappa shape index (κ3) is 3.84. The lowest BCUT2D eigenvalue weighted by Crippen LogP contribution is -2.15. The largest absolute Gasteiger partial charge is 0.395 e. The van der Waals surface area contributed by atoms with Gasteiger partial charge in [0.2, 0.25) is 5.95 Å². The first-order chi connectivity index (χ1) is 10.0. The van der Waals surface area contributed by atoms with Crippen LogP contribution in [-0.2, 0) is 10.0 Å². The summed E-state index contributed by atoms with van der Waals surface area (Å²) in [6.45, 7) is 1.79. The molecule has 110 valence electrons. The molecular formula is C14H15N3O3S. The van der Waals surface area contributed by atoms with Crippen LogP contribution in [-0.4, -0.2) is 30.1 Å². The molecule has 0 saturated carbocycles. The number of nitrogens with zero attached hydrogens (tertiary/aromatic N) is 1. The molecule has 7 heteroatoms. The highest BCUT2D eigenvalue weighted by atomic mass is 32.2. The molecule has 0 aliphatic heterocycles. The molecule has 0 bridgehead atoms. The fraction of sp³-hybridized carbons (Fsp3) is 0.214. The van der Waals surface area contributed by atoms with Gasteiger partial charge in [0.25, 0.3) is 10.0 Å². The van der Waals surface area contributed by atoms with Crippen molar-refractivity contribution in [2.45, 2.75) is 18.2 Å². The highest BCUT2D eigenvalue weighted by molar-refractivity contribution is 7.92. The maximum absolute atomic E-state index is 12.4. The van der Waals surface area contributed by atoms with Crippen molar-refractivity contribution < 1.29 is 13.5 Å². The van der Waals surface area contributed by atoms with Crippen molar-refractivity contribution in [3.63, 3.8) is 0 Å². The molecule has 2 rings (SSSR count). The molecule has 0 amide bonds. The SMILES string of the molecule is Cc1ccc(S(=O)(=O)Nc2ncc[nH]2)c(C#CCCO)c1. The minimum Gasteiger partial charge on any atom is -0.395 e. The second-order valence-corrected chi connectivity index (χ2v) is 5.97. The van der Waals surface area contributed by atoms with E-state index in [-0.39, 0.29) is 17.5 Å². The van der Waals surface area contributed by atoms with E-state index in [0.717, 1.165) is 5.56 Å². The van der Waals surface area contributed by atoms with E-state index in [0.29, 0.717) is 12.0 Å². The topological polar surface area (TPSA) is 95.1 Å². The van der Waals surface area contributed by atoms with Crippen LogP contribution in [0, 0.1) is 18.8 Å². The minimum atomic E-state index is -3.78. The summed E-state index contributed by atoms with van der Waals surface area (Å²) < 4.78 is 27.1. The summed E-state index contributed by atoms with van der Waals surface area (Å²) in [5, 5.41) is 8.75. The molecule has 2 aromatic rings. The molecule has 1 heterocycles. The third-order valence-corrected chi connectivity index (χ3v) is 4.01. The van der Waals surface area contributed by atoms with E-state index < -0.39 is 10.0 Å². The number of nitrogens with one attached hydrogen (secondary N) is 2. The quantitative estimate of drug-likeness (QED) is 0.741. The highest BCUT2D eigenvalue weighted by Gasteiger charge is 2.18. The standard InChI is InChI=1S/C14H15N3O3S/c1-11-5-6-13(12(10-11)4-2-3-9-18)21(19,20)17-14-15-7-8-16-14/h5-8,10,18H,3,9H2,1H3,(H2,15,16,17). The summed E-state index contributed by atoms with van der Waals surface area (Å²) in [5.74, 6) is 5.66. The predicted molar refractivity (Wildman–Crippen MR) is 79.2 cm³/mol. The fourth-order valence-corrected chi connectivity index (χ4v) is 2.82. The van der Waals surface area contributed by atoms with Crippen molar-refractivity contribution in [3.05, 3.63) is 41.7 Å². The van der Waals surface area contributed by atoms with Gasteiger partial charge in [0.05, 0.1) is 6.61 Å². The van der Waals surface area contributed by atoms with Gasteiger partial charge in [-0.15, -0.1) is 0 Å². The van der Waals surface area contributed by atoms with Crippen LogP contribution < -0.4 is 4.72 Å². The molecule has 0 radical (unpaired) electrons. The number of rotatable bonds is 4. The summed E-state index contributed by atoms with van der Waals surface area (Å²) in [6, 6.07) is 4.90. The molecule has 0 aliphatic rings. The van der Waals surface area contributed by atoms with Crippen molar-refractivity contribution in [1.82, 2.24) is 9.97 Å². The van der Waals surface area contributed by atoms with Crippen molar-refractivity contribution >= 4 is 16.0 Å². The molecule has 0 fully saturated rings. The molecule has 1 aromatic carbocycles. The second-order valence-electron chi connectivity index (χ2n) is 4.32. The fourth-order valence-electron chi connectivity index (χ4n) is 1.69. The minimum absolute atomic E-state index is 0.0639. The molecule has 0 saturated heterocycles. The lowest BCUT2D eigenvalue weighted by atomic mass is 10.1. The van der Waals surface area contributed by atoms with E-state index in [1.165, 1.54) is 18.5 Å². The van der Waals surface area contributed by atoms with Crippen molar-refractivity contribution in [2.75, 3.05) is 11.3 Å². The van der Waals surface area contributed by atoms with Crippen LogP contribution in [0.3, 0.4) is 0 Å². The number of hydrogen-bond donors (Lipinski definition) is 3. The second kappa shape index (κ2) is 6.43. The summed E-state index contributed by atoms with van der Waals surface area (Å²) in [5.41, 5.74) is 1.29. The number of aromatic nitrogens is 2. The van der Waals surface area contributed by atoms with Crippen LogP contribution in [0.4, 0.5) is 5.95 Å². The number of hydrogen-bond acceptors (Lipinski definition) is 4. The van der Waals surface area contributed by atoms with Crippen molar-refractivity contribution in [2.24, 2.45) is 0 Å². The molecule has 0 unspecified atom stereocenters. The number of aliphatic hydroxyl groups excluding tert-OH is 1. The van der Waals surface area contributed by atoms with Gasteiger partial charge in [-0.25, -0.2) is 18.1 Å². The summed E-state index contributed by atoms with van der Waals surface area (Å²) in [4.78, 5) is 6.59. The zero-order chi connectivity index (χ0) is 15.3. The molecule has 21 heavy (non-hydrogen) atoms.